The molecule has 21 heavy (non-hydrogen) atoms. The first-order valence-corrected chi connectivity index (χ1v) is 7.65. The van der Waals surface area contributed by atoms with E-state index >= 15 is 0 Å². The number of morpholine rings is 1. The van der Waals surface area contributed by atoms with Crippen LogP contribution in [0, 0.1) is 0 Å². The molecule has 2 aromatic heterocycles. The van der Waals surface area contributed by atoms with E-state index in [0.29, 0.717) is 11.4 Å². The van der Waals surface area contributed by atoms with E-state index in [9.17, 15) is 4.79 Å². The lowest BCUT2D eigenvalue weighted by atomic mass is 10.4. The lowest BCUT2D eigenvalue weighted by Gasteiger charge is -2.25. The minimum absolute atomic E-state index is 0.201. The minimum atomic E-state index is -0.201. The Balaban J connectivity index is 1.60. The van der Waals surface area contributed by atoms with Gasteiger partial charge < -0.3 is 10.1 Å². The van der Waals surface area contributed by atoms with Crippen LogP contribution in [-0.4, -0.2) is 47.1 Å². The number of ether oxygens (including phenoxy) is 1. The van der Waals surface area contributed by atoms with Crippen LogP contribution in [0.4, 0.5) is 5.69 Å². The summed E-state index contributed by atoms with van der Waals surface area (Å²) in [5.74, 6) is -0.201. The monoisotopic (exact) mass is 304 g/mol. The summed E-state index contributed by atoms with van der Waals surface area (Å²) in [6.07, 6.45) is 3.28. The average Bonchev–Trinajstić information content (AvgIpc) is 2.98. The Labute approximate surface area is 126 Å². The van der Waals surface area contributed by atoms with Crippen LogP contribution in [0.5, 0.6) is 0 Å². The van der Waals surface area contributed by atoms with E-state index in [1.807, 2.05) is 0 Å². The van der Waals surface area contributed by atoms with Crippen LogP contribution in [0.2, 0.25) is 0 Å². The summed E-state index contributed by atoms with van der Waals surface area (Å²) in [5.41, 5.74) is 1.12. The maximum Gasteiger partial charge on any atom is 0.275 e. The Bertz CT molecular complexity index is 596. The average molecular weight is 304 g/mol. The van der Waals surface area contributed by atoms with Crippen molar-refractivity contribution in [2.45, 2.75) is 6.54 Å². The van der Waals surface area contributed by atoms with E-state index in [0.717, 1.165) is 37.9 Å². The van der Waals surface area contributed by atoms with Gasteiger partial charge in [0.25, 0.3) is 5.91 Å². The zero-order valence-corrected chi connectivity index (χ0v) is 12.3. The second kappa shape index (κ2) is 6.75. The molecule has 1 aliphatic rings. The van der Waals surface area contributed by atoms with Crippen LogP contribution in [0.15, 0.2) is 29.9 Å². The highest BCUT2D eigenvalue weighted by Gasteiger charge is 2.15. The zero-order chi connectivity index (χ0) is 14.5. The van der Waals surface area contributed by atoms with Gasteiger partial charge in [0.1, 0.15) is 10.7 Å². The van der Waals surface area contributed by atoms with Crippen molar-refractivity contribution in [2.24, 2.45) is 0 Å². The molecular weight excluding hydrogens is 288 g/mol. The van der Waals surface area contributed by atoms with Gasteiger partial charge in [-0.1, -0.05) is 0 Å². The Morgan fingerprint density at radius 2 is 2.29 bits per heavy atom. The summed E-state index contributed by atoms with van der Waals surface area (Å²) in [6, 6.07) is 3.58. The van der Waals surface area contributed by atoms with Crippen molar-refractivity contribution < 1.29 is 9.53 Å². The smallest absolute Gasteiger partial charge is 0.275 e. The van der Waals surface area contributed by atoms with Crippen LogP contribution >= 0.6 is 11.3 Å². The number of nitrogens with one attached hydrogen (secondary N) is 1. The SMILES string of the molecule is O=C(Nc1cccnc1)c1csc(CN2CCOCC2)n1. The minimum Gasteiger partial charge on any atom is -0.379 e. The molecule has 0 spiro atoms. The fourth-order valence-corrected chi connectivity index (χ4v) is 2.89. The van der Waals surface area contributed by atoms with E-state index in [4.69, 9.17) is 4.74 Å². The molecule has 0 saturated carbocycles. The molecule has 0 unspecified atom stereocenters. The van der Waals surface area contributed by atoms with Gasteiger partial charge in [0, 0.05) is 24.7 Å². The summed E-state index contributed by atoms with van der Waals surface area (Å²) in [5, 5.41) is 5.53. The molecule has 0 aromatic carbocycles. The summed E-state index contributed by atoms with van der Waals surface area (Å²) >= 11 is 1.51. The summed E-state index contributed by atoms with van der Waals surface area (Å²) in [6.45, 7) is 4.13. The molecule has 6 nitrogen and oxygen atoms in total. The third kappa shape index (κ3) is 3.84. The first-order valence-electron chi connectivity index (χ1n) is 6.77. The molecule has 3 heterocycles. The first-order chi connectivity index (χ1) is 10.3. The quantitative estimate of drug-likeness (QED) is 0.930. The molecule has 2 aromatic rings. The molecule has 0 bridgehead atoms. The summed E-state index contributed by atoms with van der Waals surface area (Å²) < 4.78 is 5.32. The van der Waals surface area contributed by atoms with Gasteiger partial charge in [-0.05, 0) is 12.1 Å². The first kappa shape index (κ1) is 14.1. The molecule has 1 saturated heterocycles. The predicted molar refractivity (Wildman–Crippen MR) is 80.4 cm³/mol. The number of aromatic nitrogens is 2. The van der Waals surface area contributed by atoms with Crippen LogP contribution in [0.25, 0.3) is 0 Å². The van der Waals surface area contributed by atoms with Crippen molar-refractivity contribution in [3.8, 4) is 0 Å². The van der Waals surface area contributed by atoms with Crippen molar-refractivity contribution in [2.75, 3.05) is 31.6 Å². The lowest BCUT2D eigenvalue weighted by Crippen LogP contribution is -2.35. The molecule has 1 N–H and O–H groups in total. The Hall–Kier alpha value is -1.83. The largest absolute Gasteiger partial charge is 0.379 e. The fourth-order valence-electron chi connectivity index (χ4n) is 2.07. The van der Waals surface area contributed by atoms with E-state index in [1.54, 1.807) is 29.9 Å². The molecule has 0 radical (unpaired) electrons. The van der Waals surface area contributed by atoms with Gasteiger partial charge in [0.05, 0.1) is 31.6 Å². The Kier molecular flexibility index (Phi) is 4.54. The van der Waals surface area contributed by atoms with Gasteiger partial charge in [-0.3, -0.25) is 14.7 Å². The fraction of sp³-hybridized carbons (Fsp3) is 0.357. The third-order valence-electron chi connectivity index (χ3n) is 3.17. The molecule has 0 aliphatic carbocycles. The number of hydrogen-bond acceptors (Lipinski definition) is 6. The van der Waals surface area contributed by atoms with Gasteiger partial charge in [0.15, 0.2) is 0 Å². The maximum atomic E-state index is 12.1. The number of pyridine rings is 1. The number of amides is 1. The molecule has 3 rings (SSSR count). The number of carbonyl (C=O) groups is 1. The predicted octanol–water partition coefficient (Wildman–Crippen LogP) is 1.62. The Morgan fingerprint density at radius 3 is 3.05 bits per heavy atom. The van der Waals surface area contributed by atoms with E-state index in [1.165, 1.54) is 11.3 Å². The highest BCUT2D eigenvalue weighted by Crippen LogP contribution is 2.15. The maximum absolute atomic E-state index is 12.1. The molecule has 1 aliphatic heterocycles. The molecule has 1 amide bonds. The molecule has 0 atom stereocenters. The van der Waals surface area contributed by atoms with E-state index in [2.05, 4.69) is 20.2 Å². The standard InChI is InChI=1S/C14H16N4O2S/c19-14(16-11-2-1-3-15-8-11)12-10-21-13(17-12)9-18-4-6-20-7-5-18/h1-3,8,10H,4-7,9H2,(H,16,19). The molecular formula is C14H16N4O2S. The zero-order valence-electron chi connectivity index (χ0n) is 11.5. The van der Waals surface area contributed by atoms with E-state index < -0.39 is 0 Å². The van der Waals surface area contributed by atoms with Crippen LogP contribution in [-0.2, 0) is 11.3 Å². The van der Waals surface area contributed by atoms with E-state index in [-0.39, 0.29) is 5.91 Å². The normalized spacial score (nSPS) is 15.8. The second-order valence-corrected chi connectivity index (χ2v) is 5.65. The van der Waals surface area contributed by atoms with Gasteiger partial charge in [0.2, 0.25) is 0 Å². The number of anilines is 1. The highest BCUT2D eigenvalue weighted by molar-refractivity contribution is 7.09. The number of hydrogen-bond donors (Lipinski definition) is 1. The van der Waals surface area contributed by atoms with Gasteiger partial charge >= 0.3 is 0 Å². The van der Waals surface area contributed by atoms with Gasteiger partial charge in [-0.25, -0.2) is 4.98 Å². The van der Waals surface area contributed by atoms with Crippen molar-refractivity contribution in [3.63, 3.8) is 0 Å². The second-order valence-electron chi connectivity index (χ2n) is 4.71. The van der Waals surface area contributed by atoms with Crippen molar-refractivity contribution >= 4 is 22.9 Å². The summed E-state index contributed by atoms with van der Waals surface area (Å²) in [4.78, 5) is 22.7. The summed E-state index contributed by atoms with van der Waals surface area (Å²) in [7, 11) is 0. The van der Waals surface area contributed by atoms with Crippen molar-refractivity contribution in [1.29, 1.82) is 0 Å². The van der Waals surface area contributed by atoms with Crippen molar-refractivity contribution in [1.82, 2.24) is 14.9 Å². The van der Waals surface area contributed by atoms with Crippen LogP contribution < -0.4 is 5.32 Å². The topological polar surface area (TPSA) is 67.4 Å². The third-order valence-corrected chi connectivity index (χ3v) is 4.00. The Morgan fingerprint density at radius 1 is 1.43 bits per heavy atom. The molecule has 1 fully saturated rings. The number of carbonyl (C=O) groups excluding carboxylic acids is 1. The van der Waals surface area contributed by atoms with Gasteiger partial charge in [-0.2, -0.15) is 0 Å². The number of nitrogens with zero attached hydrogens (tertiary/aromatic N) is 3. The van der Waals surface area contributed by atoms with Crippen molar-refractivity contribution in [3.05, 3.63) is 40.6 Å². The lowest BCUT2D eigenvalue weighted by molar-refractivity contribution is 0.0341. The molecule has 7 heteroatoms. The van der Waals surface area contributed by atoms with Gasteiger partial charge in [-0.15, -0.1) is 11.3 Å². The number of rotatable bonds is 4. The van der Waals surface area contributed by atoms with Crippen LogP contribution in [0.1, 0.15) is 15.5 Å². The molecule has 110 valence electrons. The van der Waals surface area contributed by atoms with Crippen LogP contribution in [0.3, 0.4) is 0 Å². The number of thiazole rings is 1. The highest BCUT2D eigenvalue weighted by atomic mass is 32.1.